The third-order valence-electron chi connectivity index (χ3n) is 1.33. The summed E-state index contributed by atoms with van der Waals surface area (Å²) in [4.78, 5) is 4.91. The standard InChI is InChI=1S/C9H13N3S/c1-6-11-8(7(5-10)13-6)12-9(2,3)4/h12H,1-4H3. The lowest BCUT2D eigenvalue weighted by Gasteiger charge is -2.20. The van der Waals surface area contributed by atoms with Crippen molar-refractivity contribution in [3.05, 3.63) is 9.88 Å². The first-order valence-electron chi connectivity index (χ1n) is 4.08. The van der Waals surface area contributed by atoms with Gasteiger partial charge in [-0.3, -0.25) is 0 Å². The van der Waals surface area contributed by atoms with E-state index in [4.69, 9.17) is 5.26 Å². The number of hydrogen-bond donors (Lipinski definition) is 1. The van der Waals surface area contributed by atoms with Gasteiger partial charge in [-0.2, -0.15) is 5.26 Å². The number of rotatable bonds is 1. The Kier molecular flexibility index (Phi) is 2.58. The topological polar surface area (TPSA) is 48.7 Å². The van der Waals surface area contributed by atoms with Gasteiger partial charge in [-0.15, -0.1) is 11.3 Å². The zero-order chi connectivity index (χ0) is 10.1. The number of aryl methyl sites for hydroxylation is 1. The molecule has 0 saturated heterocycles. The van der Waals surface area contributed by atoms with Gasteiger partial charge in [0.05, 0.1) is 5.01 Å². The summed E-state index contributed by atoms with van der Waals surface area (Å²) < 4.78 is 0. The molecule has 0 saturated carbocycles. The normalized spacial score (nSPS) is 11.0. The molecule has 0 amide bonds. The fourth-order valence-corrected chi connectivity index (χ4v) is 1.61. The van der Waals surface area contributed by atoms with Gasteiger partial charge in [-0.25, -0.2) is 4.98 Å². The van der Waals surface area contributed by atoms with E-state index in [1.165, 1.54) is 11.3 Å². The molecule has 0 spiro atoms. The smallest absolute Gasteiger partial charge is 0.155 e. The van der Waals surface area contributed by atoms with Crippen LogP contribution in [-0.4, -0.2) is 10.5 Å². The highest BCUT2D eigenvalue weighted by atomic mass is 32.1. The van der Waals surface area contributed by atoms with Crippen molar-refractivity contribution in [1.82, 2.24) is 4.98 Å². The van der Waals surface area contributed by atoms with Crippen LogP contribution in [0.25, 0.3) is 0 Å². The van der Waals surface area contributed by atoms with Crippen molar-refractivity contribution in [1.29, 1.82) is 5.26 Å². The van der Waals surface area contributed by atoms with Crippen LogP contribution in [0.1, 0.15) is 30.7 Å². The molecule has 0 radical (unpaired) electrons. The second-order valence-electron chi connectivity index (χ2n) is 3.90. The molecule has 13 heavy (non-hydrogen) atoms. The predicted molar refractivity (Wildman–Crippen MR) is 54.9 cm³/mol. The van der Waals surface area contributed by atoms with Crippen molar-refractivity contribution in [2.75, 3.05) is 5.32 Å². The summed E-state index contributed by atoms with van der Waals surface area (Å²) in [6, 6.07) is 2.13. The Balaban J connectivity index is 2.95. The summed E-state index contributed by atoms with van der Waals surface area (Å²) in [5.41, 5.74) is -0.0495. The van der Waals surface area contributed by atoms with Gasteiger partial charge in [0.2, 0.25) is 0 Å². The van der Waals surface area contributed by atoms with Crippen LogP contribution in [-0.2, 0) is 0 Å². The van der Waals surface area contributed by atoms with E-state index in [2.05, 4.69) is 16.4 Å². The second kappa shape index (κ2) is 3.35. The van der Waals surface area contributed by atoms with Crippen LogP contribution >= 0.6 is 11.3 Å². The molecule has 1 heterocycles. The van der Waals surface area contributed by atoms with Crippen LogP contribution in [0.5, 0.6) is 0 Å². The molecular weight excluding hydrogens is 182 g/mol. The van der Waals surface area contributed by atoms with Gasteiger partial charge in [0.15, 0.2) is 5.82 Å². The predicted octanol–water partition coefficient (Wildman–Crippen LogP) is 2.53. The maximum Gasteiger partial charge on any atom is 0.155 e. The molecule has 0 aliphatic heterocycles. The highest BCUT2D eigenvalue weighted by Gasteiger charge is 2.15. The molecule has 4 heteroatoms. The molecule has 70 valence electrons. The van der Waals surface area contributed by atoms with Gasteiger partial charge in [0, 0.05) is 5.54 Å². The average Bonchev–Trinajstić information content (AvgIpc) is 2.27. The van der Waals surface area contributed by atoms with E-state index in [1.807, 2.05) is 27.7 Å². The number of nitriles is 1. The zero-order valence-electron chi connectivity index (χ0n) is 8.30. The average molecular weight is 195 g/mol. The van der Waals surface area contributed by atoms with Crippen molar-refractivity contribution >= 4 is 17.2 Å². The van der Waals surface area contributed by atoms with E-state index in [-0.39, 0.29) is 5.54 Å². The van der Waals surface area contributed by atoms with Gasteiger partial charge in [0.1, 0.15) is 10.9 Å². The number of aromatic nitrogens is 1. The Bertz CT molecular complexity index is 341. The molecular formula is C9H13N3S. The van der Waals surface area contributed by atoms with Gasteiger partial charge in [0.25, 0.3) is 0 Å². The molecule has 0 aromatic carbocycles. The van der Waals surface area contributed by atoms with E-state index in [0.717, 1.165) is 5.01 Å². The third kappa shape index (κ3) is 2.71. The number of nitrogens with zero attached hydrogens (tertiary/aromatic N) is 2. The number of hydrogen-bond acceptors (Lipinski definition) is 4. The summed E-state index contributed by atoms with van der Waals surface area (Å²) in [5.74, 6) is 0.706. The Morgan fingerprint density at radius 3 is 2.54 bits per heavy atom. The fraction of sp³-hybridized carbons (Fsp3) is 0.556. The summed E-state index contributed by atoms with van der Waals surface area (Å²) >= 11 is 1.42. The number of thiazole rings is 1. The Hall–Kier alpha value is -1.08. The van der Waals surface area contributed by atoms with Crippen LogP contribution in [0, 0.1) is 18.3 Å². The number of nitrogens with one attached hydrogen (secondary N) is 1. The molecule has 0 fully saturated rings. The highest BCUT2D eigenvalue weighted by molar-refractivity contribution is 7.12. The fourth-order valence-electron chi connectivity index (χ4n) is 0.943. The van der Waals surface area contributed by atoms with Gasteiger partial charge in [-0.1, -0.05) is 0 Å². The SMILES string of the molecule is Cc1nc(NC(C)(C)C)c(C#N)s1. The maximum absolute atomic E-state index is 8.81. The Morgan fingerprint density at radius 1 is 1.46 bits per heavy atom. The van der Waals surface area contributed by atoms with Crippen LogP contribution in [0.3, 0.4) is 0 Å². The highest BCUT2D eigenvalue weighted by Crippen LogP contribution is 2.23. The Morgan fingerprint density at radius 2 is 2.08 bits per heavy atom. The minimum Gasteiger partial charge on any atom is -0.364 e. The van der Waals surface area contributed by atoms with Crippen molar-refractivity contribution in [3.8, 4) is 6.07 Å². The largest absolute Gasteiger partial charge is 0.364 e. The Labute approximate surface area is 82.4 Å². The molecule has 0 aliphatic carbocycles. The van der Waals surface area contributed by atoms with Gasteiger partial charge < -0.3 is 5.32 Å². The van der Waals surface area contributed by atoms with Crippen LogP contribution in [0.15, 0.2) is 0 Å². The van der Waals surface area contributed by atoms with Crippen LogP contribution in [0.4, 0.5) is 5.82 Å². The lowest BCUT2D eigenvalue weighted by atomic mass is 10.1. The first-order chi connectivity index (χ1) is 5.92. The van der Waals surface area contributed by atoms with E-state index in [9.17, 15) is 0 Å². The summed E-state index contributed by atoms with van der Waals surface area (Å²) in [6.07, 6.45) is 0. The molecule has 0 bridgehead atoms. The molecule has 1 N–H and O–H groups in total. The van der Waals surface area contributed by atoms with Crippen molar-refractivity contribution in [2.24, 2.45) is 0 Å². The molecule has 0 unspecified atom stereocenters. The zero-order valence-corrected chi connectivity index (χ0v) is 9.12. The van der Waals surface area contributed by atoms with E-state index in [0.29, 0.717) is 10.7 Å². The molecule has 3 nitrogen and oxygen atoms in total. The molecule has 1 aromatic heterocycles. The lowest BCUT2D eigenvalue weighted by Crippen LogP contribution is -2.26. The minimum absolute atomic E-state index is 0.0495. The summed E-state index contributed by atoms with van der Waals surface area (Å²) in [6.45, 7) is 8.04. The van der Waals surface area contributed by atoms with Crippen LogP contribution < -0.4 is 5.32 Å². The first kappa shape index (κ1) is 10.0. The third-order valence-corrected chi connectivity index (χ3v) is 2.20. The van der Waals surface area contributed by atoms with E-state index < -0.39 is 0 Å². The maximum atomic E-state index is 8.81. The molecule has 1 rings (SSSR count). The summed E-state index contributed by atoms with van der Waals surface area (Å²) in [7, 11) is 0. The van der Waals surface area contributed by atoms with Crippen LogP contribution in [0.2, 0.25) is 0 Å². The first-order valence-corrected chi connectivity index (χ1v) is 4.90. The molecule has 0 atom stereocenters. The monoisotopic (exact) mass is 195 g/mol. The van der Waals surface area contributed by atoms with Crippen molar-refractivity contribution in [3.63, 3.8) is 0 Å². The van der Waals surface area contributed by atoms with Crippen molar-refractivity contribution in [2.45, 2.75) is 33.2 Å². The number of anilines is 1. The van der Waals surface area contributed by atoms with E-state index in [1.54, 1.807) is 0 Å². The van der Waals surface area contributed by atoms with Gasteiger partial charge in [-0.05, 0) is 27.7 Å². The molecule has 1 aromatic rings. The molecule has 0 aliphatic rings. The summed E-state index contributed by atoms with van der Waals surface area (Å²) in [5, 5.41) is 12.9. The van der Waals surface area contributed by atoms with Crippen molar-refractivity contribution < 1.29 is 0 Å². The quantitative estimate of drug-likeness (QED) is 0.749. The van der Waals surface area contributed by atoms with Gasteiger partial charge >= 0.3 is 0 Å². The minimum atomic E-state index is -0.0495. The van der Waals surface area contributed by atoms with E-state index >= 15 is 0 Å². The second-order valence-corrected chi connectivity index (χ2v) is 5.10. The lowest BCUT2D eigenvalue weighted by molar-refractivity contribution is 0.630.